The van der Waals surface area contributed by atoms with E-state index in [0.717, 1.165) is 24.0 Å². The number of benzene rings is 2. The molecule has 202 valence electrons. The Morgan fingerprint density at radius 1 is 0.838 bits per heavy atom. The van der Waals surface area contributed by atoms with Crippen LogP contribution in [0.15, 0.2) is 48.5 Å². The number of unbranched alkanes of at least 4 members (excludes halogenated alkanes) is 9. The molecular weight excluding hydrogens is 460 g/mol. The van der Waals surface area contributed by atoms with Crippen LogP contribution < -0.4 is 11.1 Å². The highest BCUT2D eigenvalue weighted by molar-refractivity contribution is 6.07. The number of fused-ring (bicyclic) bond motifs is 3. The summed E-state index contributed by atoms with van der Waals surface area (Å²) >= 11 is 0. The first-order valence-corrected chi connectivity index (χ1v) is 14.3. The molecule has 0 unspecified atom stereocenters. The van der Waals surface area contributed by atoms with E-state index >= 15 is 0 Å². The molecule has 1 aliphatic rings. The lowest BCUT2D eigenvalue weighted by atomic mass is 9.85. The van der Waals surface area contributed by atoms with Gasteiger partial charge in [0.1, 0.15) is 6.61 Å². The third-order valence-electron chi connectivity index (χ3n) is 7.85. The van der Waals surface area contributed by atoms with Gasteiger partial charge in [-0.2, -0.15) is 0 Å². The number of carbonyl (C=O) groups is 2. The van der Waals surface area contributed by atoms with Crippen LogP contribution in [0.2, 0.25) is 0 Å². The molecule has 0 spiro atoms. The van der Waals surface area contributed by atoms with Crippen molar-refractivity contribution in [3.05, 3.63) is 59.7 Å². The van der Waals surface area contributed by atoms with Crippen molar-refractivity contribution in [2.75, 3.05) is 13.2 Å². The molecule has 5 nitrogen and oxygen atoms in total. The summed E-state index contributed by atoms with van der Waals surface area (Å²) in [5, 5.41) is 3.22. The fourth-order valence-corrected chi connectivity index (χ4v) is 5.59. The standard InChI is InChI=1S/C32H46N2O3/c1-4-5-6-7-8-9-10-11-12-17-22-34-32(24(2)3,30(33)35)31(36)37-23-29-27-20-15-13-18-25(27)26-19-14-16-21-28(26)29/h13-16,18-21,24,29,34H,4-12,17,22-23H2,1-3H3,(H2,33,35)/t32-/m0/s1. The second kappa shape index (κ2) is 14.3. The molecule has 0 saturated carbocycles. The van der Waals surface area contributed by atoms with E-state index in [-0.39, 0.29) is 18.4 Å². The summed E-state index contributed by atoms with van der Waals surface area (Å²) in [5.41, 5.74) is 8.93. The molecule has 2 aromatic carbocycles. The number of carbonyl (C=O) groups excluding carboxylic acids is 2. The van der Waals surface area contributed by atoms with Crippen molar-refractivity contribution < 1.29 is 14.3 Å². The smallest absolute Gasteiger partial charge is 0.336 e. The van der Waals surface area contributed by atoms with Crippen LogP contribution in [0.3, 0.4) is 0 Å². The van der Waals surface area contributed by atoms with Crippen LogP contribution in [-0.2, 0) is 14.3 Å². The van der Waals surface area contributed by atoms with E-state index in [2.05, 4.69) is 36.5 Å². The number of nitrogens with one attached hydrogen (secondary N) is 1. The lowest BCUT2D eigenvalue weighted by Crippen LogP contribution is -2.65. The number of esters is 1. The van der Waals surface area contributed by atoms with Gasteiger partial charge in [0, 0.05) is 5.92 Å². The summed E-state index contributed by atoms with van der Waals surface area (Å²) in [4.78, 5) is 26.1. The molecule has 3 rings (SSSR count). The van der Waals surface area contributed by atoms with E-state index in [1.165, 1.54) is 62.5 Å². The Balaban J connectivity index is 1.54. The van der Waals surface area contributed by atoms with Gasteiger partial charge in [0.15, 0.2) is 5.54 Å². The van der Waals surface area contributed by atoms with E-state index in [4.69, 9.17) is 10.5 Å². The first-order valence-electron chi connectivity index (χ1n) is 14.3. The second-order valence-electron chi connectivity index (χ2n) is 10.8. The Hall–Kier alpha value is -2.66. The van der Waals surface area contributed by atoms with Crippen LogP contribution in [0.5, 0.6) is 0 Å². The highest BCUT2D eigenvalue weighted by atomic mass is 16.5. The van der Waals surface area contributed by atoms with E-state index in [9.17, 15) is 9.59 Å². The fourth-order valence-electron chi connectivity index (χ4n) is 5.59. The Morgan fingerprint density at radius 2 is 1.32 bits per heavy atom. The average Bonchev–Trinajstić information content (AvgIpc) is 3.21. The minimum atomic E-state index is -1.53. The third kappa shape index (κ3) is 7.01. The molecule has 1 amide bonds. The SMILES string of the molecule is CCCCCCCCCCCCN[C@@](C(N)=O)(C(=O)OCC1c2ccccc2-c2ccccc21)C(C)C. The fraction of sp³-hybridized carbons (Fsp3) is 0.562. The molecule has 1 aliphatic carbocycles. The molecule has 3 N–H and O–H groups in total. The zero-order valence-electron chi connectivity index (χ0n) is 23.1. The van der Waals surface area contributed by atoms with Crippen LogP contribution in [0.25, 0.3) is 11.1 Å². The van der Waals surface area contributed by atoms with Crippen molar-refractivity contribution in [1.29, 1.82) is 0 Å². The normalized spacial score (nSPS) is 14.3. The number of nitrogens with two attached hydrogens (primary N) is 1. The molecule has 37 heavy (non-hydrogen) atoms. The van der Waals surface area contributed by atoms with Gasteiger partial charge in [-0.05, 0) is 41.1 Å². The van der Waals surface area contributed by atoms with Gasteiger partial charge in [-0.3, -0.25) is 10.1 Å². The Labute approximate surface area is 223 Å². The summed E-state index contributed by atoms with van der Waals surface area (Å²) in [6.07, 6.45) is 12.3. The molecule has 0 radical (unpaired) electrons. The topological polar surface area (TPSA) is 81.4 Å². The van der Waals surface area contributed by atoms with Crippen LogP contribution in [-0.4, -0.2) is 30.6 Å². The van der Waals surface area contributed by atoms with Crippen molar-refractivity contribution in [2.24, 2.45) is 11.7 Å². The van der Waals surface area contributed by atoms with E-state index in [0.29, 0.717) is 6.54 Å². The lowest BCUT2D eigenvalue weighted by molar-refractivity contribution is -0.158. The predicted molar refractivity (Wildman–Crippen MR) is 151 cm³/mol. The van der Waals surface area contributed by atoms with Gasteiger partial charge >= 0.3 is 5.97 Å². The number of amides is 1. The lowest BCUT2D eigenvalue weighted by Gasteiger charge is -2.33. The number of hydrogen-bond donors (Lipinski definition) is 2. The molecule has 1 atom stereocenters. The largest absolute Gasteiger partial charge is 0.463 e. The maximum Gasteiger partial charge on any atom is 0.336 e. The first kappa shape index (κ1) is 28.9. The van der Waals surface area contributed by atoms with Crippen molar-refractivity contribution in [2.45, 2.75) is 96.4 Å². The first-order chi connectivity index (χ1) is 17.9. The van der Waals surface area contributed by atoms with Gasteiger partial charge in [0.05, 0.1) is 0 Å². The molecule has 0 aliphatic heterocycles. The molecule has 0 saturated heterocycles. The van der Waals surface area contributed by atoms with E-state index in [1.54, 1.807) is 0 Å². The van der Waals surface area contributed by atoms with Crippen LogP contribution in [0.1, 0.15) is 102 Å². The molecule has 5 heteroatoms. The van der Waals surface area contributed by atoms with Crippen LogP contribution >= 0.6 is 0 Å². The van der Waals surface area contributed by atoms with Crippen LogP contribution in [0, 0.1) is 5.92 Å². The van der Waals surface area contributed by atoms with E-state index < -0.39 is 17.4 Å². The van der Waals surface area contributed by atoms with Crippen molar-refractivity contribution in [3.63, 3.8) is 0 Å². The van der Waals surface area contributed by atoms with Crippen molar-refractivity contribution in [3.8, 4) is 11.1 Å². The molecular formula is C32H46N2O3. The number of rotatable bonds is 17. The quantitative estimate of drug-likeness (QED) is 0.142. The molecule has 0 heterocycles. The Kier molecular flexibility index (Phi) is 11.2. The number of hydrogen-bond acceptors (Lipinski definition) is 4. The summed E-state index contributed by atoms with van der Waals surface area (Å²) in [7, 11) is 0. The van der Waals surface area contributed by atoms with E-state index in [1.807, 2.05) is 38.1 Å². The molecule has 0 aromatic heterocycles. The molecule has 2 aromatic rings. The van der Waals surface area contributed by atoms with Gasteiger partial charge in [-0.1, -0.05) is 127 Å². The highest BCUT2D eigenvalue weighted by Crippen LogP contribution is 2.44. The monoisotopic (exact) mass is 506 g/mol. The number of primary amides is 1. The maximum atomic E-state index is 13.5. The molecule has 0 fully saturated rings. The van der Waals surface area contributed by atoms with Gasteiger partial charge in [0.2, 0.25) is 5.91 Å². The summed E-state index contributed by atoms with van der Waals surface area (Å²) < 4.78 is 5.88. The summed E-state index contributed by atoms with van der Waals surface area (Å²) in [5.74, 6) is -1.64. The number of ether oxygens (including phenoxy) is 1. The maximum absolute atomic E-state index is 13.5. The molecule has 0 bridgehead atoms. The Morgan fingerprint density at radius 3 is 1.81 bits per heavy atom. The average molecular weight is 507 g/mol. The minimum absolute atomic E-state index is 0.0592. The Bertz CT molecular complexity index is 973. The van der Waals surface area contributed by atoms with Gasteiger partial charge in [-0.15, -0.1) is 0 Å². The summed E-state index contributed by atoms with van der Waals surface area (Å²) in [6.45, 7) is 6.67. The highest BCUT2D eigenvalue weighted by Gasteiger charge is 2.49. The van der Waals surface area contributed by atoms with Gasteiger partial charge in [-0.25, -0.2) is 4.79 Å². The minimum Gasteiger partial charge on any atom is -0.463 e. The third-order valence-corrected chi connectivity index (χ3v) is 7.85. The summed E-state index contributed by atoms with van der Waals surface area (Å²) in [6, 6.07) is 16.4. The zero-order valence-corrected chi connectivity index (χ0v) is 23.1. The van der Waals surface area contributed by atoms with Crippen LogP contribution in [0.4, 0.5) is 0 Å². The van der Waals surface area contributed by atoms with Gasteiger partial charge < -0.3 is 10.5 Å². The van der Waals surface area contributed by atoms with Gasteiger partial charge in [0.25, 0.3) is 0 Å². The predicted octanol–water partition coefficient (Wildman–Crippen LogP) is 6.73. The van der Waals surface area contributed by atoms with Crippen molar-refractivity contribution >= 4 is 11.9 Å². The van der Waals surface area contributed by atoms with Crippen molar-refractivity contribution in [1.82, 2.24) is 5.32 Å². The zero-order chi connectivity index (χ0) is 26.7. The second-order valence-corrected chi connectivity index (χ2v) is 10.8.